The molecule has 0 unspecified atom stereocenters. The molecule has 1 amide bonds. The SMILES string of the molecule is COc1ccc(C(=O)Nc2cc(C(C)(C)C)ccc2OC)cc1F. The maximum Gasteiger partial charge on any atom is 0.255 e. The van der Waals surface area contributed by atoms with Crippen molar-refractivity contribution in [3.8, 4) is 11.5 Å². The number of hydrogen-bond acceptors (Lipinski definition) is 3. The molecule has 2 aromatic rings. The van der Waals surface area contributed by atoms with Crippen molar-refractivity contribution in [2.75, 3.05) is 19.5 Å². The van der Waals surface area contributed by atoms with Crippen LogP contribution in [0, 0.1) is 5.82 Å². The van der Waals surface area contributed by atoms with E-state index in [0.29, 0.717) is 11.4 Å². The molecule has 0 saturated carbocycles. The summed E-state index contributed by atoms with van der Waals surface area (Å²) in [6, 6.07) is 9.72. The van der Waals surface area contributed by atoms with E-state index in [9.17, 15) is 9.18 Å². The highest BCUT2D eigenvalue weighted by Crippen LogP contribution is 2.31. The molecule has 24 heavy (non-hydrogen) atoms. The highest BCUT2D eigenvalue weighted by molar-refractivity contribution is 6.05. The van der Waals surface area contributed by atoms with Gasteiger partial charge in [-0.2, -0.15) is 0 Å². The van der Waals surface area contributed by atoms with E-state index in [1.165, 1.54) is 26.4 Å². The highest BCUT2D eigenvalue weighted by Gasteiger charge is 2.18. The topological polar surface area (TPSA) is 47.6 Å². The fourth-order valence-corrected chi connectivity index (χ4v) is 2.27. The van der Waals surface area contributed by atoms with E-state index >= 15 is 0 Å². The number of anilines is 1. The van der Waals surface area contributed by atoms with Crippen LogP contribution in [0.15, 0.2) is 36.4 Å². The van der Waals surface area contributed by atoms with Gasteiger partial charge in [-0.3, -0.25) is 4.79 Å². The zero-order valence-electron chi connectivity index (χ0n) is 14.6. The average Bonchev–Trinajstić information content (AvgIpc) is 2.53. The van der Waals surface area contributed by atoms with Crippen molar-refractivity contribution in [3.05, 3.63) is 53.3 Å². The van der Waals surface area contributed by atoms with E-state index in [-0.39, 0.29) is 16.7 Å². The van der Waals surface area contributed by atoms with Gasteiger partial charge in [0, 0.05) is 5.56 Å². The van der Waals surface area contributed by atoms with Crippen LogP contribution in [0.1, 0.15) is 36.7 Å². The Morgan fingerprint density at radius 2 is 1.62 bits per heavy atom. The number of rotatable bonds is 4. The van der Waals surface area contributed by atoms with Crippen LogP contribution in [0.25, 0.3) is 0 Å². The van der Waals surface area contributed by atoms with E-state index in [4.69, 9.17) is 9.47 Å². The standard InChI is InChI=1S/C19H22FNO3/c1-19(2,3)13-7-9-17(24-5)15(11-13)21-18(22)12-6-8-16(23-4)14(20)10-12/h6-11H,1-5H3,(H,21,22). The molecule has 0 heterocycles. The number of ether oxygens (including phenoxy) is 2. The highest BCUT2D eigenvalue weighted by atomic mass is 19.1. The van der Waals surface area contributed by atoms with Crippen molar-refractivity contribution >= 4 is 11.6 Å². The zero-order chi connectivity index (χ0) is 17.9. The van der Waals surface area contributed by atoms with Crippen molar-refractivity contribution in [3.63, 3.8) is 0 Å². The van der Waals surface area contributed by atoms with Crippen molar-refractivity contribution in [1.82, 2.24) is 0 Å². The molecule has 1 N–H and O–H groups in total. The molecular weight excluding hydrogens is 309 g/mol. The Hall–Kier alpha value is -2.56. The third-order valence-electron chi connectivity index (χ3n) is 3.73. The van der Waals surface area contributed by atoms with Crippen molar-refractivity contribution in [2.45, 2.75) is 26.2 Å². The molecule has 2 aromatic carbocycles. The van der Waals surface area contributed by atoms with Gasteiger partial charge in [-0.05, 0) is 41.3 Å². The van der Waals surface area contributed by atoms with Crippen LogP contribution in [0.5, 0.6) is 11.5 Å². The smallest absolute Gasteiger partial charge is 0.255 e. The van der Waals surface area contributed by atoms with Crippen LogP contribution in [-0.2, 0) is 5.41 Å². The quantitative estimate of drug-likeness (QED) is 0.904. The molecule has 4 nitrogen and oxygen atoms in total. The first-order chi connectivity index (χ1) is 11.3. The Bertz CT molecular complexity index is 751. The minimum Gasteiger partial charge on any atom is -0.495 e. The molecule has 0 aliphatic heterocycles. The lowest BCUT2D eigenvalue weighted by Crippen LogP contribution is -2.15. The molecule has 0 bridgehead atoms. The van der Waals surface area contributed by atoms with Gasteiger partial charge in [0.15, 0.2) is 11.6 Å². The Morgan fingerprint density at radius 1 is 1.00 bits per heavy atom. The molecule has 2 rings (SSSR count). The normalized spacial score (nSPS) is 11.1. The maximum absolute atomic E-state index is 13.8. The van der Waals surface area contributed by atoms with Crippen LogP contribution >= 0.6 is 0 Å². The number of nitrogens with one attached hydrogen (secondary N) is 1. The molecule has 0 fully saturated rings. The summed E-state index contributed by atoms with van der Waals surface area (Å²) in [6.07, 6.45) is 0. The molecule has 0 aliphatic carbocycles. The average molecular weight is 331 g/mol. The van der Waals surface area contributed by atoms with Crippen molar-refractivity contribution in [2.24, 2.45) is 0 Å². The first kappa shape index (κ1) is 17.8. The van der Waals surface area contributed by atoms with E-state index < -0.39 is 11.7 Å². The number of methoxy groups -OCH3 is 2. The largest absolute Gasteiger partial charge is 0.495 e. The Morgan fingerprint density at radius 3 is 2.17 bits per heavy atom. The number of halogens is 1. The number of carbonyl (C=O) groups is 1. The summed E-state index contributed by atoms with van der Waals surface area (Å²) in [6.45, 7) is 6.25. The lowest BCUT2D eigenvalue weighted by atomic mass is 9.87. The van der Waals surface area contributed by atoms with Gasteiger partial charge in [0.05, 0.1) is 19.9 Å². The second-order valence-corrected chi connectivity index (χ2v) is 6.47. The molecule has 0 radical (unpaired) electrons. The van der Waals surface area contributed by atoms with Gasteiger partial charge in [-0.25, -0.2) is 4.39 Å². The van der Waals surface area contributed by atoms with Crippen LogP contribution in [0.3, 0.4) is 0 Å². The molecule has 128 valence electrons. The van der Waals surface area contributed by atoms with E-state index in [2.05, 4.69) is 26.1 Å². The summed E-state index contributed by atoms with van der Waals surface area (Å²) < 4.78 is 23.9. The van der Waals surface area contributed by atoms with Crippen molar-refractivity contribution < 1.29 is 18.7 Å². The van der Waals surface area contributed by atoms with E-state index in [1.54, 1.807) is 0 Å². The third kappa shape index (κ3) is 3.85. The van der Waals surface area contributed by atoms with Gasteiger partial charge in [0.1, 0.15) is 5.75 Å². The van der Waals surface area contributed by atoms with Crippen LogP contribution in [0.4, 0.5) is 10.1 Å². The minimum absolute atomic E-state index is 0.0715. The predicted octanol–water partition coefficient (Wildman–Crippen LogP) is 4.39. The van der Waals surface area contributed by atoms with Crippen LogP contribution in [0.2, 0.25) is 0 Å². The molecule has 0 aromatic heterocycles. The van der Waals surface area contributed by atoms with E-state index in [1.807, 2.05) is 18.2 Å². The first-order valence-electron chi connectivity index (χ1n) is 7.59. The van der Waals surface area contributed by atoms with Gasteiger partial charge in [0.25, 0.3) is 5.91 Å². The van der Waals surface area contributed by atoms with Crippen molar-refractivity contribution in [1.29, 1.82) is 0 Å². The molecule has 0 atom stereocenters. The summed E-state index contributed by atoms with van der Waals surface area (Å²) >= 11 is 0. The molecular formula is C19H22FNO3. The van der Waals surface area contributed by atoms with Gasteiger partial charge in [0.2, 0.25) is 0 Å². The maximum atomic E-state index is 13.8. The first-order valence-corrected chi connectivity index (χ1v) is 7.59. The van der Waals surface area contributed by atoms with Gasteiger partial charge in [-0.15, -0.1) is 0 Å². The lowest BCUT2D eigenvalue weighted by Gasteiger charge is -2.21. The lowest BCUT2D eigenvalue weighted by molar-refractivity contribution is 0.102. The molecule has 0 saturated heterocycles. The summed E-state index contributed by atoms with van der Waals surface area (Å²) in [4.78, 5) is 12.4. The van der Waals surface area contributed by atoms with Crippen LogP contribution in [-0.4, -0.2) is 20.1 Å². The summed E-state index contributed by atoms with van der Waals surface area (Å²) in [7, 11) is 2.91. The predicted molar refractivity (Wildman–Crippen MR) is 92.6 cm³/mol. The van der Waals surface area contributed by atoms with Crippen LogP contribution < -0.4 is 14.8 Å². The second kappa shape index (κ2) is 6.91. The fraction of sp³-hybridized carbons (Fsp3) is 0.316. The third-order valence-corrected chi connectivity index (χ3v) is 3.73. The number of hydrogen-bond donors (Lipinski definition) is 1. The summed E-state index contributed by atoms with van der Waals surface area (Å²) in [5, 5.41) is 2.78. The molecule has 0 aliphatic rings. The number of benzene rings is 2. The molecule has 0 spiro atoms. The van der Waals surface area contributed by atoms with Gasteiger partial charge in [-0.1, -0.05) is 26.8 Å². The monoisotopic (exact) mass is 331 g/mol. The Balaban J connectivity index is 2.32. The second-order valence-electron chi connectivity index (χ2n) is 6.47. The fourth-order valence-electron chi connectivity index (χ4n) is 2.27. The number of amides is 1. The molecule has 5 heteroatoms. The van der Waals surface area contributed by atoms with E-state index in [0.717, 1.165) is 11.6 Å². The van der Waals surface area contributed by atoms with Gasteiger partial charge >= 0.3 is 0 Å². The Labute approximate surface area is 141 Å². The Kier molecular flexibility index (Phi) is 5.12. The number of carbonyl (C=O) groups excluding carboxylic acids is 1. The zero-order valence-corrected chi connectivity index (χ0v) is 14.6. The van der Waals surface area contributed by atoms with Gasteiger partial charge < -0.3 is 14.8 Å². The summed E-state index contributed by atoms with van der Waals surface area (Å²) in [5.41, 5.74) is 1.74. The minimum atomic E-state index is -0.583. The summed E-state index contributed by atoms with van der Waals surface area (Å²) in [5.74, 6) is -0.356.